The Kier molecular flexibility index (Phi) is 12.9. The Morgan fingerprint density at radius 3 is 0.942 bits per heavy atom. The van der Waals surface area contributed by atoms with Crippen molar-refractivity contribution in [1.29, 1.82) is 0 Å². The third-order valence-electron chi connectivity index (χ3n) is 8.10. The molecule has 0 aromatic heterocycles. The number of hydrogen-bond donors (Lipinski definition) is 0. The van der Waals surface area contributed by atoms with Crippen LogP contribution in [0.15, 0.2) is 141 Å². The van der Waals surface area contributed by atoms with Crippen molar-refractivity contribution in [3.8, 4) is 17.2 Å². The lowest BCUT2D eigenvalue weighted by Crippen LogP contribution is -2.72. The summed E-state index contributed by atoms with van der Waals surface area (Å²) in [6, 6.07) is 31.6. The lowest BCUT2D eigenvalue weighted by molar-refractivity contribution is -0.129. The van der Waals surface area contributed by atoms with Gasteiger partial charge in [0.2, 0.25) is 25.0 Å². The second-order valence-electron chi connectivity index (χ2n) is 13.2. The lowest BCUT2D eigenvalue weighted by atomic mass is 10.3. The Bertz CT molecular complexity index is 1710. The molecule has 0 saturated carbocycles. The van der Waals surface area contributed by atoms with Crippen LogP contribution < -0.4 is 35.0 Å². The number of rotatable bonds is 16. The van der Waals surface area contributed by atoms with Gasteiger partial charge in [0.25, 0.3) is 0 Å². The van der Waals surface area contributed by atoms with E-state index in [1.807, 2.05) is 66.7 Å². The standard InChI is InChI=1S/C39H44O9Si4/c1-10-37(40)43-30-18-24-33(25-19-30)49(4,5)46-52(36-16-14-13-15-17-36,47-50(6,7)34-26-20-31(21-27-34)44-38(41)11-2)48-51(8,9)35-28-22-32(23-29-35)45-39(42)12-3/h10-29H,1-3H2,4-9H3. The average molecular weight is 769 g/mol. The molecule has 0 N–H and O–H groups in total. The van der Waals surface area contributed by atoms with Crippen molar-refractivity contribution in [3.63, 3.8) is 0 Å². The summed E-state index contributed by atoms with van der Waals surface area (Å²) in [6.07, 6.45) is 3.35. The van der Waals surface area contributed by atoms with E-state index in [1.54, 1.807) is 36.4 Å². The van der Waals surface area contributed by atoms with E-state index in [0.29, 0.717) is 17.2 Å². The molecule has 0 radical (unpaired) electrons. The second-order valence-corrected chi connectivity index (χ2v) is 28.1. The van der Waals surface area contributed by atoms with Crippen LogP contribution in [-0.2, 0) is 26.7 Å². The molecular weight excluding hydrogens is 725 g/mol. The van der Waals surface area contributed by atoms with Crippen LogP contribution in [0, 0.1) is 0 Å². The molecule has 52 heavy (non-hydrogen) atoms. The zero-order chi connectivity index (χ0) is 38.2. The summed E-state index contributed by atoms with van der Waals surface area (Å²) in [6.45, 7) is 22.9. The highest BCUT2D eigenvalue weighted by Gasteiger charge is 2.55. The van der Waals surface area contributed by atoms with Crippen molar-refractivity contribution in [3.05, 3.63) is 141 Å². The van der Waals surface area contributed by atoms with Gasteiger partial charge in [-0.1, -0.05) is 86.5 Å². The first-order chi connectivity index (χ1) is 24.5. The Morgan fingerprint density at radius 1 is 0.423 bits per heavy atom. The number of carbonyl (C=O) groups is 3. The van der Waals surface area contributed by atoms with Crippen LogP contribution in [-0.4, -0.2) is 51.7 Å². The largest absolute Gasteiger partial charge is 0.506 e. The van der Waals surface area contributed by atoms with Gasteiger partial charge in [0.05, 0.1) is 0 Å². The Hall–Kier alpha value is -4.74. The minimum absolute atomic E-state index is 0.393. The SMILES string of the molecule is C=CC(=O)Oc1ccc([Si](C)(C)O[Si](O[Si](C)(C)c2ccc(OC(=O)C=C)cc2)(O[Si](C)(C)c2ccc(OC(=O)C=C)cc2)c2ccccc2)cc1. The van der Waals surface area contributed by atoms with Gasteiger partial charge < -0.3 is 26.6 Å². The normalized spacial score (nSPS) is 12.0. The molecule has 0 aliphatic rings. The van der Waals surface area contributed by atoms with Gasteiger partial charge in [-0.2, -0.15) is 0 Å². The summed E-state index contributed by atoms with van der Waals surface area (Å²) in [4.78, 5) is 35.5. The fourth-order valence-corrected chi connectivity index (χ4v) is 21.3. The summed E-state index contributed by atoms with van der Waals surface area (Å²) in [7, 11) is -12.5. The summed E-state index contributed by atoms with van der Waals surface area (Å²) in [5.41, 5.74) is 0. The van der Waals surface area contributed by atoms with Crippen LogP contribution >= 0.6 is 0 Å². The summed E-state index contributed by atoms with van der Waals surface area (Å²) < 4.78 is 38.3. The molecule has 13 heteroatoms. The molecule has 270 valence electrons. The smallest absolute Gasteiger partial charge is 0.423 e. The molecule has 0 unspecified atom stereocenters. The highest BCUT2D eigenvalue weighted by molar-refractivity contribution is 7.02. The van der Waals surface area contributed by atoms with E-state index in [-0.39, 0.29) is 0 Å². The maximum atomic E-state index is 11.8. The first kappa shape index (κ1) is 40.0. The third-order valence-corrected chi connectivity index (χ3v) is 23.7. The van der Waals surface area contributed by atoms with Crippen LogP contribution in [0.25, 0.3) is 0 Å². The number of ether oxygens (including phenoxy) is 3. The minimum Gasteiger partial charge on any atom is -0.423 e. The van der Waals surface area contributed by atoms with Gasteiger partial charge in [-0.15, -0.1) is 0 Å². The zero-order valence-electron chi connectivity index (χ0n) is 30.3. The van der Waals surface area contributed by atoms with Crippen LogP contribution in [0.3, 0.4) is 0 Å². The molecule has 0 aliphatic carbocycles. The van der Waals surface area contributed by atoms with E-state index in [2.05, 4.69) is 59.0 Å². The van der Waals surface area contributed by atoms with Crippen LogP contribution in [0.4, 0.5) is 0 Å². The second kappa shape index (κ2) is 16.7. The molecule has 0 spiro atoms. The molecule has 4 aromatic rings. The van der Waals surface area contributed by atoms with Gasteiger partial charge >= 0.3 is 26.7 Å². The quantitative estimate of drug-likeness (QED) is 0.0633. The Balaban J connectivity index is 1.83. The maximum Gasteiger partial charge on any atom is 0.506 e. The molecule has 9 nitrogen and oxygen atoms in total. The van der Waals surface area contributed by atoms with Gasteiger partial charge in [0.15, 0.2) is 0 Å². The van der Waals surface area contributed by atoms with E-state index in [1.165, 1.54) is 0 Å². The number of benzene rings is 4. The lowest BCUT2D eigenvalue weighted by Gasteiger charge is -2.45. The summed E-state index contributed by atoms with van der Waals surface area (Å²) in [5.74, 6) is -0.458. The highest BCUT2D eigenvalue weighted by Crippen LogP contribution is 2.28. The number of esters is 3. The van der Waals surface area contributed by atoms with Crippen LogP contribution in [0.1, 0.15) is 0 Å². The monoisotopic (exact) mass is 768 g/mol. The van der Waals surface area contributed by atoms with Gasteiger partial charge in [0.1, 0.15) is 17.2 Å². The first-order valence-corrected chi connectivity index (χ1v) is 27.0. The third kappa shape index (κ3) is 10.2. The topological polar surface area (TPSA) is 107 Å². The molecule has 4 aromatic carbocycles. The van der Waals surface area contributed by atoms with Crippen molar-refractivity contribution < 1.29 is 40.9 Å². The predicted octanol–water partition coefficient (Wildman–Crippen LogP) is 5.49. The van der Waals surface area contributed by atoms with Crippen molar-refractivity contribution in [1.82, 2.24) is 0 Å². The van der Waals surface area contributed by atoms with E-state index in [0.717, 1.165) is 39.0 Å². The van der Waals surface area contributed by atoms with Crippen molar-refractivity contribution in [2.45, 2.75) is 39.3 Å². The van der Waals surface area contributed by atoms with Crippen molar-refractivity contribution >= 4 is 72.4 Å². The fraction of sp³-hybridized carbons (Fsp3) is 0.154. The predicted molar refractivity (Wildman–Crippen MR) is 213 cm³/mol. The molecule has 0 amide bonds. The average Bonchev–Trinajstić information content (AvgIpc) is 3.12. The zero-order valence-corrected chi connectivity index (χ0v) is 34.3. The molecule has 0 fully saturated rings. The summed E-state index contributed by atoms with van der Waals surface area (Å²) >= 11 is 0. The number of carbonyl (C=O) groups excluding carboxylic acids is 3. The van der Waals surface area contributed by atoms with Crippen molar-refractivity contribution in [2.75, 3.05) is 0 Å². The van der Waals surface area contributed by atoms with Gasteiger partial charge in [-0.25, -0.2) is 14.4 Å². The van der Waals surface area contributed by atoms with Gasteiger partial charge in [-0.3, -0.25) is 0 Å². The van der Waals surface area contributed by atoms with Crippen LogP contribution in [0.5, 0.6) is 17.2 Å². The molecule has 0 bridgehead atoms. The van der Waals surface area contributed by atoms with Gasteiger partial charge in [-0.05, 0) is 91.2 Å². The summed E-state index contributed by atoms with van der Waals surface area (Å²) in [5, 5.41) is 3.62. The van der Waals surface area contributed by atoms with E-state index >= 15 is 0 Å². The van der Waals surface area contributed by atoms with E-state index in [9.17, 15) is 14.4 Å². The Labute approximate surface area is 309 Å². The number of hydrogen-bond acceptors (Lipinski definition) is 9. The molecule has 4 rings (SSSR count). The molecule has 0 atom stereocenters. The van der Waals surface area contributed by atoms with Gasteiger partial charge in [0, 0.05) is 23.4 Å². The molecule has 0 aliphatic heterocycles. The highest BCUT2D eigenvalue weighted by atomic mass is 28.5. The molecule has 0 saturated heterocycles. The van der Waals surface area contributed by atoms with Crippen molar-refractivity contribution in [2.24, 2.45) is 0 Å². The first-order valence-electron chi connectivity index (χ1n) is 16.5. The van der Waals surface area contributed by atoms with E-state index in [4.69, 9.17) is 26.6 Å². The fourth-order valence-electron chi connectivity index (χ4n) is 5.31. The molecule has 0 heterocycles. The Morgan fingerprint density at radius 2 is 0.692 bits per heavy atom. The van der Waals surface area contributed by atoms with Crippen LogP contribution in [0.2, 0.25) is 39.3 Å². The maximum absolute atomic E-state index is 11.8. The van der Waals surface area contributed by atoms with E-state index < -0.39 is 51.7 Å². The molecular formula is C39H44O9Si4. The minimum atomic E-state index is -3.87.